The van der Waals surface area contributed by atoms with Crippen molar-refractivity contribution in [2.75, 3.05) is 125 Å². The number of H-pyrrole nitrogens is 1. The number of phosphoric ester groups is 2. The summed E-state index contributed by atoms with van der Waals surface area (Å²) in [7, 11) is -11.3. The van der Waals surface area contributed by atoms with E-state index in [0.717, 1.165) is 16.5 Å². The number of amides is 1. The van der Waals surface area contributed by atoms with Gasteiger partial charge < -0.3 is 97.7 Å². The van der Waals surface area contributed by atoms with Crippen LogP contribution in [0.25, 0.3) is 22.6 Å². The van der Waals surface area contributed by atoms with E-state index in [1.165, 1.54) is 6.92 Å². The fourth-order valence-corrected chi connectivity index (χ4v) is 9.54. The first-order valence-corrected chi connectivity index (χ1v) is 28.4. The van der Waals surface area contributed by atoms with Crippen LogP contribution in [-0.2, 0) is 74.7 Å². The fraction of sp³-hybridized carbons (Fsp3) is 0.689. The molecular formula is C45H69N9O25P2. The third-order valence-corrected chi connectivity index (χ3v) is 14.0. The normalized spacial score (nSPS) is 23.6. The smallest absolute Gasteiger partial charge is 0.483 e. The number of aromatic nitrogens is 8. The second-order valence-corrected chi connectivity index (χ2v) is 20.5. The van der Waals surface area contributed by atoms with Gasteiger partial charge in [0, 0.05) is 18.5 Å². The molecule has 2 saturated heterocycles. The van der Waals surface area contributed by atoms with E-state index in [2.05, 4.69) is 45.0 Å². The van der Waals surface area contributed by atoms with E-state index >= 15 is 0 Å². The van der Waals surface area contributed by atoms with E-state index in [4.69, 9.17) is 61.2 Å². The number of benzene rings is 1. The Kier molecular flexibility index (Phi) is 27.3. The van der Waals surface area contributed by atoms with Crippen LogP contribution in [0.15, 0.2) is 35.4 Å². The zero-order chi connectivity index (χ0) is 58.2. The van der Waals surface area contributed by atoms with Gasteiger partial charge >= 0.3 is 15.6 Å². The topological polar surface area (TPSA) is 449 Å². The monoisotopic (exact) mass is 1200 g/mol. The number of imidazole rings is 1. The number of aliphatic hydroxyl groups is 5. The summed E-state index contributed by atoms with van der Waals surface area (Å²) in [6, 6.07) is 7.31. The summed E-state index contributed by atoms with van der Waals surface area (Å²) >= 11 is 0. The number of hydrogen-bond acceptors (Lipinski definition) is 29. The number of carbonyl (C=O) groups is 1. The Morgan fingerprint density at radius 1 is 0.654 bits per heavy atom. The lowest BCUT2D eigenvalue weighted by atomic mass is 9.99. The van der Waals surface area contributed by atoms with Crippen LogP contribution >= 0.6 is 15.6 Å². The number of nitrogens with zero attached hydrogens (tertiary/aromatic N) is 7. The number of aliphatic hydroxyl groups excluding tert-OH is 5. The standard InChI is InChI=1S/C45H69N9O25P2/c1-28-48-42-35(43(61)49-28)47-27-54(42)44-39(59)37(57)33(76-44)26-75-80(62,63)79-81(64,65)78-45-40(60)38(58)36(56)32(77-45)25-46-34(55)7-8-66-9-10-67-11-12-68-13-14-69-15-16-70-17-18-71-19-20-72-21-22-73-23-24-74-31-5-3-30(4-6-31)41-52-50-29(2)51-53-41/h3-6,27,32-33,36-40,44-45,56-60H,7-26H2,1-2H3,(H,46,55)(H,62,63)(H,64,65)(H,48,49,61)/t32?,33-,36-,37+,38+,39?,40?,44-,45-/m1/s1. The number of aryl methyl sites for hydroxylation is 2. The second kappa shape index (κ2) is 33.7. The minimum Gasteiger partial charge on any atom is -0.491 e. The van der Waals surface area contributed by atoms with Crippen LogP contribution in [0.1, 0.15) is 24.3 Å². The Labute approximate surface area is 462 Å². The molecule has 1 amide bonds. The molecule has 36 heteroatoms. The number of fused-ring (bicyclic) bond motifs is 1. The van der Waals surface area contributed by atoms with Gasteiger partial charge in [-0.3, -0.25) is 23.2 Å². The van der Waals surface area contributed by atoms with Gasteiger partial charge in [-0.1, -0.05) is 0 Å². The Bertz CT molecular complexity index is 2650. The van der Waals surface area contributed by atoms with Crippen molar-refractivity contribution in [1.29, 1.82) is 0 Å². The molecule has 0 saturated carbocycles. The molecule has 34 nitrogen and oxygen atoms in total. The lowest BCUT2D eigenvalue weighted by molar-refractivity contribution is -0.273. The molecule has 3 aromatic heterocycles. The molecule has 0 bridgehead atoms. The van der Waals surface area contributed by atoms with Crippen molar-refractivity contribution in [1.82, 2.24) is 45.2 Å². The molecule has 454 valence electrons. The Morgan fingerprint density at radius 2 is 1.17 bits per heavy atom. The van der Waals surface area contributed by atoms with Gasteiger partial charge in [-0.05, 0) is 38.1 Å². The van der Waals surface area contributed by atoms with Crippen molar-refractivity contribution in [3.63, 3.8) is 0 Å². The van der Waals surface area contributed by atoms with Crippen LogP contribution in [0.2, 0.25) is 0 Å². The Hall–Kier alpha value is -4.56. The molecule has 4 aromatic rings. The van der Waals surface area contributed by atoms with E-state index < -0.39 is 95.5 Å². The lowest BCUT2D eigenvalue weighted by Crippen LogP contribution is -2.60. The van der Waals surface area contributed by atoms with Crippen LogP contribution in [0.5, 0.6) is 5.75 Å². The molecule has 81 heavy (non-hydrogen) atoms. The zero-order valence-corrected chi connectivity index (χ0v) is 46.0. The van der Waals surface area contributed by atoms with Gasteiger partial charge in [0.1, 0.15) is 60.9 Å². The number of hydrogen-bond donors (Lipinski definition) is 9. The molecule has 0 spiro atoms. The van der Waals surface area contributed by atoms with Crippen LogP contribution in [0, 0.1) is 13.8 Å². The van der Waals surface area contributed by atoms with Crippen LogP contribution in [0.3, 0.4) is 0 Å². The molecule has 5 heterocycles. The number of carbonyl (C=O) groups excluding carboxylic acids is 1. The number of aromatic amines is 1. The molecule has 2 aliphatic heterocycles. The highest BCUT2D eigenvalue weighted by atomic mass is 31.3. The number of ether oxygens (including phenoxy) is 11. The predicted octanol–water partition coefficient (Wildman–Crippen LogP) is -2.62. The minimum atomic E-state index is -5.73. The maximum Gasteiger partial charge on any atom is 0.483 e. The molecule has 2 fully saturated rings. The highest BCUT2D eigenvalue weighted by molar-refractivity contribution is 7.61. The maximum atomic E-state index is 12.8. The molecule has 5 unspecified atom stereocenters. The largest absolute Gasteiger partial charge is 0.491 e. The summed E-state index contributed by atoms with van der Waals surface area (Å²) in [6.45, 7) is 7.43. The first-order valence-electron chi connectivity index (χ1n) is 25.4. The second-order valence-electron chi connectivity index (χ2n) is 17.6. The van der Waals surface area contributed by atoms with Crippen molar-refractivity contribution in [2.24, 2.45) is 0 Å². The summed E-state index contributed by atoms with van der Waals surface area (Å²) in [5.41, 5.74) is 0.0871. The van der Waals surface area contributed by atoms with Gasteiger partial charge in [-0.15, -0.1) is 20.4 Å². The first kappa shape index (κ1) is 65.6. The average molecular weight is 1200 g/mol. The molecule has 0 radical (unpaired) electrons. The predicted molar refractivity (Wildman–Crippen MR) is 271 cm³/mol. The minimum absolute atomic E-state index is 0.0102. The average Bonchev–Trinajstić information content (AvgIpc) is 4.08. The van der Waals surface area contributed by atoms with Gasteiger partial charge in [0.05, 0.1) is 119 Å². The van der Waals surface area contributed by atoms with Crippen molar-refractivity contribution in [3.8, 4) is 17.1 Å². The molecule has 2 aliphatic rings. The summed E-state index contributed by atoms with van der Waals surface area (Å²) < 4.78 is 101. The van der Waals surface area contributed by atoms with Crippen LogP contribution in [0.4, 0.5) is 0 Å². The van der Waals surface area contributed by atoms with Gasteiger partial charge in [0.15, 0.2) is 29.5 Å². The number of rotatable bonds is 39. The van der Waals surface area contributed by atoms with Gasteiger partial charge in [0.2, 0.25) is 11.7 Å². The molecule has 0 aliphatic carbocycles. The molecule has 9 N–H and O–H groups in total. The van der Waals surface area contributed by atoms with E-state index in [9.17, 15) is 54.0 Å². The first-order chi connectivity index (χ1) is 38.9. The summed E-state index contributed by atoms with van der Waals surface area (Å²) in [4.78, 5) is 55.7. The lowest BCUT2D eigenvalue weighted by Gasteiger charge is -2.40. The summed E-state index contributed by atoms with van der Waals surface area (Å²) in [6.07, 6.45) is -15.4. The van der Waals surface area contributed by atoms with E-state index in [-0.39, 0.29) is 49.8 Å². The quantitative estimate of drug-likeness (QED) is 0.0163. The van der Waals surface area contributed by atoms with E-state index in [1.807, 2.05) is 24.3 Å². The van der Waals surface area contributed by atoms with Crippen LogP contribution in [-0.4, -0.2) is 256 Å². The fourth-order valence-electron chi connectivity index (χ4n) is 7.39. The van der Waals surface area contributed by atoms with Gasteiger partial charge in [-0.2, -0.15) is 4.31 Å². The molecule has 6 rings (SSSR count). The third-order valence-electron chi connectivity index (χ3n) is 11.4. The van der Waals surface area contributed by atoms with Crippen molar-refractivity contribution >= 4 is 32.7 Å². The Balaban J connectivity index is 0.698. The third kappa shape index (κ3) is 21.9. The van der Waals surface area contributed by atoms with E-state index in [0.29, 0.717) is 103 Å². The van der Waals surface area contributed by atoms with Crippen molar-refractivity contribution < 1.29 is 115 Å². The summed E-state index contributed by atoms with van der Waals surface area (Å²) in [5, 5.41) is 70.7. The highest BCUT2D eigenvalue weighted by Crippen LogP contribution is 2.61. The van der Waals surface area contributed by atoms with Gasteiger partial charge in [0.25, 0.3) is 5.56 Å². The zero-order valence-electron chi connectivity index (χ0n) is 44.2. The molecular weight excluding hydrogens is 1130 g/mol. The van der Waals surface area contributed by atoms with E-state index in [1.54, 1.807) is 6.92 Å². The Morgan fingerprint density at radius 3 is 1.73 bits per heavy atom. The number of phosphoric acid groups is 2. The maximum absolute atomic E-state index is 12.8. The van der Waals surface area contributed by atoms with Gasteiger partial charge in [-0.25, -0.2) is 19.1 Å². The highest BCUT2D eigenvalue weighted by Gasteiger charge is 2.50. The summed E-state index contributed by atoms with van der Waals surface area (Å²) in [5.74, 6) is 1.26. The number of nitrogens with one attached hydrogen (secondary N) is 2. The molecule has 11 atom stereocenters. The SMILES string of the molecule is Cc1nnc(-c2ccc(OCCOCCOCCOCCOCCOCCOCCOCCOCCC(=O)NCC3O[C@H](OP(=O)(O)OP(=O)(O)OC[C@H]4O[C@@H](n5cnc6c(=O)[nH]c(C)nc65)C(O)[C@H]4O)C(O)[C@@H](O)[C@@H]3O)cc2)nn1. The van der Waals surface area contributed by atoms with Crippen molar-refractivity contribution in [3.05, 3.63) is 52.6 Å². The van der Waals surface area contributed by atoms with Crippen molar-refractivity contribution in [2.45, 2.75) is 75.5 Å². The molecule has 1 aromatic carbocycles. The van der Waals surface area contributed by atoms with Crippen LogP contribution < -0.4 is 15.6 Å².